The van der Waals surface area contributed by atoms with E-state index in [-0.39, 0.29) is 0 Å². The molecule has 106 valence electrons. The Balaban J connectivity index is 1.63. The minimum atomic E-state index is 0.591. The lowest BCUT2D eigenvalue weighted by Crippen LogP contribution is -2.37. The van der Waals surface area contributed by atoms with Crippen molar-refractivity contribution in [2.75, 3.05) is 20.3 Å². The Hall–Kier alpha value is -0.0800. The minimum Gasteiger partial charge on any atom is -0.380 e. The lowest BCUT2D eigenvalue weighted by atomic mass is 9.83. The third-order valence-electron chi connectivity index (χ3n) is 5.04. The monoisotopic (exact) mass is 253 g/mol. The molecule has 1 N–H and O–H groups in total. The topological polar surface area (TPSA) is 21.3 Å². The summed E-state index contributed by atoms with van der Waals surface area (Å²) in [6.07, 6.45) is 11.2. The summed E-state index contributed by atoms with van der Waals surface area (Å²) in [6, 6.07) is 0.591. The maximum Gasteiger partial charge on any atom is 0.0622 e. The van der Waals surface area contributed by atoms with Gasteiger partial charge in [-0.05, 0) is 50.5 Å². The van der Waals surface area contributed by atoms with Crippen LogP contribution >= 0.6 is 0 Å². The van der Waals surface area contributed by atoms with Crippen LogP contribution in [0.3, 0.4) is 0 Å². The molecule has 0 aliphatic heterocycles. The quantitative estimate of drug-likeness (QED) is 0.781. The smallest absolute Gasteiger partial charge is 0.0622 e. The van der Waals surface area contributed by atoms with Crippen molar-refractivity contribution in [3.63, 3.8) is 0 Å². The third kappa shape index (κ3) is 4.24. The van der Waals surface area contributed by atoms with Crippen molar-refractivity contribution in [1.29, 1.82) is 0 Å². The molecule has 0 heterocycles. The molecule has 0 aromatic carbocycles. The van der Waals surface area contributed by atoms with Crippen molar-refractivity contribution in [1.82, 2.24) is 5.32 Å². The molecule has 3 unspecified atom stereocenters. The molecule has 0 aromatic rings. The van der Waals surface area contributed by atoms with E-state index in [2.05, 4.69) is 19.3 Å². The first kappa shape index (κ1) is 14.3. The van der Waals surface area contributed by atoms with Gasteiger partial charge in [0.2, 0.25) is 0 Å². The van der Waals surface area contributed by atoms with Gasteiger partial charge in [-0.25, -0.2) is 0 Å². The highest BCUT2D eigenvalue weighted by molar-refractivity contribution is 4.79. The first-order chi connectivity index (χ1) is 8.79. The molecule has 2 heteroatoms. The van der Waals surface area contributed by atoms with Crippen molar-refractivity contribution >= 4 is 0 Å². The molecule has 3 atom stereocenters. The van der Waals surface area contributed by atoms with Gasteiger partial charge in [0.05, 0.1) is 6.61 Å². The van der Waals surface area contributed by atoms with Crippen LogP contribution < -0.4 is 5.32 Å². The first-order valence-corrected chi connectivity index (χ1v) is 8.04. The standard InChI is InChI=1S/C16H31NO/c1-13-6-5-7-14(10-13)11-18-12-16(17-2)15-8-3-4-9-15/h13-17H,3-12H2,1-2H3. The van der Waals surface area contributed by atoms with E-state index < -0.39 is 0 Å². The van der Waals surface area contributed by atoms with Crippen LogP contribution in [-0.4, -0.2) is 26.3 Å². The van der Waals surface area contributed by atoms with Gasteiger partial charge in [-0.2, -0.15) is 0 Å². The SMILES string of the molecule is CNC(COCC1CCCC(C)C1)C1CCCC1. The van der Waals surface area contributed by atoms with E-state index >= 15 is 0 Å². The number of likely N-dealkylation sites (N-methyl/N-ethyl adjacent to an activating group) is 1. The molecular formula is C16H31NO. The normalized spacial score (nSPS) is 31.7. The van der Waals surface area contributed by atoms with Crippen LogP contribution in [0.25, 0.3) is 0 Å². The fourth-order valence-electron chi connectivity index (χ4n) is 3.89. The molecule has 0 spiro atoms. The number of hydrogen-bond donors (Lipinski definition) is 1. The van der Waals surface area contributed by atoms with Crippen molar-refractivity contribution in [3.05, 3.63) is 0 Å². The second-order valence-corrected chi connectivity index (χ2v) is 6.61. The predicted molar refractivity (Wildman–Crippen MR) is 76.7 cm³/mol. The van der Waals surface area contributed by atoms with Crippen LogP contribution in [0.2, 0.25) is 0 Å². The van der Waals surface area contributed by atoms with Crippen LogP contribution in [0.5, 0.6) is 0 Å². The van der Waals surface area contributed by atoms with E-state index in [1.165, 1.54) is 51.4 Å². The van der Waals surface area contributed by atoms with Gasteiger partial charge in [0, 0.05) is 12.6 Å². The summed E-state index contributed by atoms with van der Waals surface area (Å²) in [7, 11) is 2.09. The fraction of sp³-hybridized carbons (Fsp3) is 1.00. The summed E-state index contributed by atoms with van der Waals surface area (Å²) >= 11 is 0. The number of rotatable bonds is 6. The minimum absolute atomic E-state index is 0.591. The lowest BCUT2D eigenvalue weighted by molar-refractivity contribution is 0.0530. The van der Waals surface area contributed by atoms with E-state index in [1.807, 2.05) is 0 Å². The van der Waals surface area contributed by atoms with Crippen molar-refractivity contribution < 1.29 is 4.74 Å². The maximum absolute atomic E-state index is 6.02. The summed E-state index contributed by atoms with van der Waals surface area (Å²) in [6.45, 7) is 4.31. The third-order valence-corrected chi connectivity index (χ3v) is 5.04. The molecule has 2 nitrogen and oxygen atoms in total. The molecule has 0 saturated heterocycles. The predicted octanol–water partition coefficient (Wildman–Crippen LogP) is 3.61. The van der Waals surface area contributed by atoms with Gasteiger partial charge in [-0.1, -0.05) is 32.6 Å². The lowest BCUT2D eigenvalue weighted by Gasteiger charge is -2.28. The zero-order valence-electron chi connectivity index (χ0n) is 12.3. The van der Waals surface area contributed by atoms with Crippen LogP contribution in [0.15, 0.2) is 0 Å². The van der Waals surface area contributed by atoms with Crippen molar-refractivity contribution in [3.8, 4) is 0 Å². The average molecular weight is 253 g/mol. The Morgan fingerprint density at radius 1 is 1.11 bits per heavy atom. The molecular weight excluding hydrogens is 222 g/mol. The Morgan fingerprint density at radius 2 is 1.89 bits per heavy atom. The number of nitrogens with one attached hydrogen (secondary N) is 1. The molecule has 2 aliphatic rings. The molecule has 0 aromatic heterocycles. The Labute approximate surface area is 113 Å². The van der Waals surface area contributed by atoms with Gasteiger partial charge in [0.1, 0.15) is 0 Å². The van der Waals surface area contributed by atoms with Gasteiger partial charge in [0.25, 0.3) is 0 Å². The van der Waals surface area contributed by atoms with Crippen molar-refractivity contribution in [2.24, 2.45) is 17.8 Å². The highest BCUT2D eigenvalue weighted by Crippen LogP contribution is 2.30. The second kappa shape index (κ2) is 7.49. The van der Waals surface area contributed by atoms with Crippen LogP contribution in [0.1, 0.15) is 58.3 Å². The summed E-state index contributed by atoms with van der Waals surface area (Å²) in [5.41, 5.74) is 0. The second-order valence-electron chi connectivity index (χ2n) is 6.61. The molecule has 0 radical (unpaired) electrons. The van der Waals surface area contributed by atoms with E-state index in [4.69, 9.17) is 4.74 Å². The van der Waals surface area contributed by atoms with Gasteiger partial charge < -0.3 is 10.1 Å². The summed E-state index contributed by atoms with van der Waals surface area (Å²) < 4.78 is 6.02. The Morgan fingerprint density at radius 3 is 2.56 bits per heavy atom. The molecule has 0 bridgehead atoms. The van der Waals surface area contributed by atoms with E-state index in [0.29, 0.717) is 6.04 Å². The molecule has 2 fully saturated rings. The first-order valence-electron chi connectivity index (χ1n) is 8.04. The van der Waals surface area contributed by atoms with Gasteiger partial charge in [-0.15, -0.1) is 0 Å². The van der Waals surface area contributed by atoms with E-state index in [0.717, 1.165) is 31.0 Å². The molecule has 18 heavy (non-hydrogen) atoms. The Bertz CT molecular complexity index is 225. The average Bonchev–Trinajstić information content (AvgIpc) is 2.88. The van der Waals surface area contributed by atoms with E-state index in [9.17, 15) is 0 Å². The largest absolute Gasteiger partial charge is 0.380 e. The van der Waals surface area contributed by atoms with E-state index in [1.54, 1.807) is 0 Å². The fourth-order valence-corrected chi connectivity index (χ4v) is 3.89. The highest BCUT2D eigenvalue weighted by atomic mass is 16.5. The van der Waals surface area contributed by atoms with Crippen LogP contribution in [0, 0.1) is 17.8 Å². The van der Waals surface area contributed by atoms with Crippen LogP contribution in [-0.2, 0) is 4.74 Å². The zero-order valence-corrected chi connectivity index (χ0v) is 12.3. The van der Waals surface area contributed by atoms with Gasteiger partial charge >= 0.3 is 0 Å². The molecule has 2 saturated carbocycles. The van der Waals surface area contributed by atoms with Crippen LogP contribution in [0.4, 0.5) is 0 Å². The highest BCUT2D eigenvalue weighted by Gasteiger charge is 2.24. The summed E-state index contributed by atoms with van der Waals surface area (Å²) in [5, 5.41) is 3.47. The molecule has 0 amide bonds. The number of ether oxygens (including phenoxy) is 1. The summed E-state index contributed by atoms with van der Waals surface area (Å²) in [4.78, 5) is 0. The Kier molecular flexibility index (Phi) is 5.97. The maximum atomic E-state index is 6.02. The molecule has 2 aliphatic carbocycles. The summed E-state index contributed by atoms with van der Waals surface area (Å²) in [5.74, 6) is 2.61. The molecule has 2 rings (SSSR count). The van der Waals surface area contributed by atoms with Crippen molar-refractivity contribution in [2.45, 2.75) is 64.3 Å². The van der Waals surface area contributed by atoms with Gasteiger partial charge in [-0.3, -0.25) is 0 Å². The zero-order chi connectivity index (χ0) is 12.8. The number of hydrogen-bond acceptors (Lipinski definition) is 2. The van der Waals surface area contributed by atoms with Gasteiger partial charge in [0.15, 0.2) is 0 Å².